The summed E-state index contributed by atoms with van der Waals surface area (Å²) in [6.07, 6.45) is 2.38. The van der Waals surface area contributed by atoms with Gasteiger partial charge in [0.25, 0.3) is 0 Å². The van der Waals surface area contributed by atoms with E-state index in [4.69, 9.17) is 0 Å². The minimum atomic E-state index is -0.325. The number of aryl methyl sites for hydroxylation is 2. The Bertz CT molecular complexity index is 433. The monoisotopic (exact) mass is 291 g/mol. The highest BCUT2D eigenvalue weighted by molar-refractivity contribution is 5.30. The molecule has 21 heavy (non-hydrogen) atoms. The Hall–Kier alpha value is -0.860. The zero-order chi connectivity index (χ0) is 16.0. The number of rotatable bonds is 8. The third kappa shape index (κ3) is 3.87. The third-order valence-electron chi connectivity index (χ3n) is 5.24. The van der Waals surface area contributed by atoms with Crippen molar-refractivity contribution in [1.29, 1.82) is 0 Å². The SMILES string of the molecule is CCN(CC)C(CC)(CC)C(O)Cc1ccc(C)c(C)c1. The van der Waals surface area contributed by atoms with Gasteiger partial charge < -0.3 is 5.11 Å². The smallest absolute Gasteiger partial charge is 0.0763 e. The molecule has 0 aliphatic carbocycles. The van der Waals surface area contributed by atoms with Gasteiger partial charge in [-0.1, -0.05) is 45.9 Å². The topological polar surface area (TPSA) is 23.5 Å². The summed E-state index contributed by atoms with van der Waals surface area (Å²) in [5, 5.41) is 11.0. The summed E-state index contributed by atoms with van der Waals surface area (Å²) in [5.74, 6) is 0. The first-order chi connectivity index (χ1) is 9.94. The number of aliphatic hydroxyl groups excluding tert-OH is 1. The lowest BCUT2D eigenvalue weighted by Crippen LogP contribution is -2.56. The summed E-state index contributed by atoms with van der Waals surface area (Å²) in [5.41, 5.74) is 3.75. The van der Waals surface area contributed by atoms with Crippen molar-refractivity contribution in [3.63, 3.8) is 0 Å². The van der Waals surface area contributed by atoms with Crippen LogP contribution < -0.4 is 0 Å². The maximum atomic E-state index is 11.0. The highest BCUT2D eigenvalue weighted by atomic mass is 16.3. The standard InChI is InChI=1S/C19H33NO/c1-7-19(8-2,20(9-3)10-4)18(21)14-17-12-11-15(5)16(6)13-17/h11-13,18,21H,7-10,14H2,1-6H3. The van der Waals surface area contributed by atoms with Crippen LogP contribution in [0.5, 0.6) is 0 Å². The number of aliphatic hydroxyl groups is 1. The molecule has 0 heterocycles. The van der Waals surface area contributed by atoms with Crippen molar-refractivity contribution >= 4 is 0 Å². The fourth-order valence-electron chi connectivity index (χ4n) is 3.58. The highest BCUT2D eigenvalue weighted by Crippen LogP contribution is 2.30. The van der Waals surface area contributed by atoms with E-state index >= 15 is 0 Å². The van der Waals surface area contributed by atoms with E-state index in [1.807, 2.05) is 0 Å². The molecule has 1 N–H and O–H groups in total. The summed E-state index contributed by atoms with van der Waals surface area (Å²) in [4.78, 5) is 2.43. The largest absolute Gasteiger partial charge is 0.391 e. The molecule has 0 aromatic heterocycles. The van der Waals surface area contributed by atoms with Crippen LogP contribution in [0.3, 0.4) is 0 Å². The van der Waals surface area contributed by atoms with Gasteiger partial charge in [0, 0.05) is 12.0 Å². The molecule has 0 amide bonds. The van der Waals surface area contributed by atoms with Crippen molar-refractivity contribution in [1.82, 2.24) is 4.90 Å². The molecule has 0 aliphatic rings. The van der Waals surface area contributed by atoms with Crippen LogP contribution in [-0.4, -0.2) is 34.7 Å². The first-order valence-corrected chi connectivity index (χ1v) is 8.44. The molecule has 120 valence electrons. The van der Waals surface area contributed by atoms with Gasteiger partial charge >= 0.3 is 0 Å². The van der Waals surface area contributed by atoms with Crippen LogP contribution in [0.25, 0.3) is 0 Å². The second-order valence-electron chi connectivity index (χ2n) is 6.12. The van der Waals surface area contributed by atoms with E-state index in [1.54, 1.807) is 0 Å². The van der Waals surface area contributed by atoms with Gasteiger partial charge in [-0.25, -0.2) is 0 Å². The van der Waals surface area contributed by atoms with E-state index in [2.05, 4.69) is 64.6 Å². The predicted molar refractivity (Wildman–Crippen MR) is 91.9 cm³/mol. The van der Waals surface area contributed by atoms with Crippen LogP contribution in [0.2, 0.25) is 0 Å². The minimum Gasteiger partial charge on any atom is -0.391 e. The number of nitrogens with zero attached hydrogens (tertiary/aromatic N) is 1. The van der Waals surface area contributed by atoms with Gasteiger partial charge in [-0.05, 0) is 56.5 Å². The second kappa shape index (κ2) is 7.95. The lowest BCUT2D eigenvalue weighted by Gasteiger charge is -2.46. The average molecular weight is 291 g/mol. The Morgan fingerprint density at radius 2 is 1.57 bits per heavy atom. The Morgan fingerprint density at radius 3 is 2.00 bits per heavy atom. The van der Waals surface area contributed by atoms with Gasteiger partial charge in [-0.2, -0.15) is 0 Å². The minimum absolute atomic E-state index is 0.109. The molecule has 1 aromatic carbocycles. The molecular formula is C19H33NO. The Labute approximate surface area is 131 Å². The first kappa shape index (κ1) is 18.2. The summed E-state index contributed by atoms with van der Waals surface area (Å²) in [6.45, 7) is 15.0. The quantitative estimate of drug-likeness (QED) is 0.779. The number of likely N-dealkylation sites (N-methyl/N-ethyl adjacent to an activating group) is 1. The van der Waals surface area contributed by atoms with Gasteiger partial charge in [0.05, 0.1) is 6.10 Å². The molecule has 2 heteroatoms. The fourth-order valence-corrected chi connectivity index (χ4v) is 3.58. The van der Waals surface area contributed by atoms with E-state index in [0.717, 1.165) is 32.4 Å². The molecule has 1 atom stereocenters. The normalized spacial score (nSPS) is 13.7. The molecular weight excluding hydrogens is 258 g/mol. The van der Waals surface area contributed by atoms with Crippen LogP contribution in [-0.2, 0) is 6.42 Å². The van der Waals surface area contributed by atoms with Gasteiger partial charge in [0.15, 0.2) is 0 Å². The molecule has 0 saturated heterocycles. The highest BCUT2D eigenvalue weighted by Gasteiger charge is 2.38. The van der Waals surface area contributed by atoms with E-state index in [-0.39, 0.29) is 11.6 Å². The number of hydrogen-bond donors (Lipinski definition) is 1. The second-order valence-corrected chi connectivity index (χ2v) is 6.12. The summed E-state index contributed by atoms with van der Waals surface area (Å²) in [6, 6.07) is 6.54. The van der Waals surface area contributed by atoms with Crippen molar-refractivity contribution in [2.24, 2.45) is 0 Å². The molecule has 1 aromatic rings. The van der Waals surface area contributed by atoms with Crippen LogP contribution in [0.15, 0.2) is 18.2 Å². The van der Waals surface area contributed by atoms with Gasteiger partial charge in [0.2, 0.25) is 0 Å². The van der Waals surface area contributed by atoms with Crippen molar-refractivity contribution in [3.05, 3.63) is 34.9 Å². The molecule has 0 radical (unpaired) electrons. The lowest BCUT2D eigenvalue weighted by atomic mass is 9.81. The summed E-state index contributed by atoms with van der Waals surface area (Å²) in [7, 11) is 0. The third-order valence-corrected chi connectivity index (χ3v) is 5.24. The zero-order valence-electron chi connectivity index (χ0n) is 14.7. The Morgan fingerprint density at radius 1 is 1.00 bits per heavy atom. The fraction of sp³-hybridized carbons (Fsp3) is 0.684. The maximum absolute atomic E-state index is 11.0. The van der Waals surface area contributed by atoms with Crippen LogP contribution >= 0.6 is 0 Å². The van der Waals surface area contributed by atoms with Gasteiger partial charge in [0.1, 0.15) is 0 Å². The Balaban J connectivity index is 3.00. The van der Waals surface area contributed by atoms with Crippen molar-refractivity contribution in [2.75, 3.05) is 13.1 Å². The van der Waals surface area contributed by atoms with Crippen molar-refractivity contribution < 1.29 is 5.11 Å². The molecule has 0 fully saturated rings. The molecule has 1 rings (SSSR count). The number of benzene rings is 1. The molecule has 0 bridgehead atoms. The Kier molecular flexibility index (Phi) is 6.89. The van der Waals surface area contributed by atoms with Crippen LogP contribution in [0, 0.1) is 13.8 Å². The molecule has 2 nitrogen and oxygen atoms in total. The van der Waals surface area contributed by atoms with E-state index in [1.165, 1.54) is 16.7 Å². The molecule has 0 aliphatic heterocycles. The van der Waals surface area contributed by atoms with E-state index < -0.39 is 0 Å². The van der Waals surface area contributed by atoms with Crippen LogP contribution in [0.1, 0.15) is 57.2 Å². The number of hydrogen-bond acceptors (Lipinski definition) is 2. The van der Waals surface area contributed by atoms with Crippen molar-refractivity contribution in [2.45, 2.75) is 72.4 Å². The summed E-state index contributed by atoms with van der Waals surface area (Å²) >= 11 is 0. The summed E-state index contributed by atoms with van der Waals surface area (Å²) < 4.78 is 0. The van der Waals surface area contributed by atoms with Gasteiger partial charge in [-0.3, -0.25) is 4.90 Å². The van der Waals surface area contributed by atoms with Crippen LogP contribution in [0.4, 0.5) is 0 Å². The molecule has 1 unspecified atom stereocenters. The van der Waals surface area contributed by atoms with Gasteiger partial charge in [-0.15, -0.1) is 0 Å². The molecule has 0 saturated carbocycles. The van der Waals surface area contributed by atoms with E-state index in [9.17, 15) is 5.11 Å². The first-order valence-electron chi connectivity index (χ1n) is 8.44. The molecule has 0 spiro atoms. The zero-order valence-corrected chi connectivity index (χ0v) is 14.7. The maximum Gasteiger partial charge on any atom is 0.0763 e. The lowest BCUT2D eigenvalue weighted by molar-refractivity contribution is -0.0340. The average Bonchev–Trinajstić information content (AvgIpc) is 2.48. The predicted octanol–water partition coefficient (Wildman–Crippen LogP) is 4.11. The van der Waals surface area contributed by atoms with E-state index in [0.29, 0.717) is 0 Å². The van der Waals surface area contributed by atoms with Crippen molar-refractivity contribution in [3.8, 4) is 0 Å².